The van der Waals surface area contributed by atoms with E-state index in [1.807, 2.05) is 0 Å². The van der Waals surface area contributed by atoms with Crippen LogP contribution >= 0.6 is 0 Å². The summed E-state index contributed by atoms with van der Waals surface area (Å²) in [6.45, 7) is 4.29. The SMILES string of the molecule is CC[B]Cc1ccc(C)cc1.[Mo]. The molecule has 0 saturated heterocycles. The van der Waals surface area contributed by atoms with Crippen LogP contribution in [-0.2, 0) is 27.4 Å². The summed E-state index contributed by atoms with van der Waals surface area (Å²) in [5.41, 5.74) is 2.75. The van der Waals surface area contributed by atoms with E-state index in [-0.39, 0.29) is 21.1 Å². The third kappa shape index (κ3) is 4.11. The summed E-state index contributed by atoms with van der Waals surface area (Å²) in [4.78, 5) is 0. The van der Waals surface area contributed by atoms with Crippen molar-refractivity contribution in [2.24, 2.45) is 0 Å². The summed E-state index contributed by atoms with van der Waals surface area (Å²) in [5.74, 6) is 0. The molecule has 2 heteroatoms. The van der Waals surface area contributed by atoms with Crippen molar-refractivity contribution in [2.45, 2.75) is 26.5 Å². The van der Waals surface area contributed by atoms with Gasteiger partial charge in [-0.3, -0.25) is 0 Å². The van der Waals surface area contributed by atoms with Gasteiger partial charge < -0.3 is 0 Å². The standard InChI is InChI=1S/C10H14B.Mo/c1-3-11-8-10-6-4-9(2)5-7-10;/h4-7H,3,8H2,1-2H3;. The number of aryl methyl sites for hydroxylation is 1. The van der Waals surface area contributed by atoms with E-state index in [2.05, 4.69) is 45.4 Å². The quantitative estimate of drug-likeness (QED) is 0.713. The van der Waals surface area contributed by atoms with Crippen molar-refractivity contribution >= 4 is 7.28 Å². The summed E-state index contributed by atoms with van der Waals surface area (Å²) in [7, 11) is 2.30. The van der Waals surface area contributed by atoms with E-state index >= 15 is 0 Å². The van der Waals surface area contributed by atoms with Gasteiger partial charge in [-0.15, -0.1) is 0 Å². The number of benzene rings is 1. The van der Waals surface area contributed by atoms with E-state index in [0.29, 0.717) is 0 Å². The summed E-state index contributed by atoms with van der Waals surface area (Å²) in [6, 6.07) is 8.72. The van der Waals surface area contributed by atoms with Crippen LogP contribution in [0.2, 0.25) is 6.32 Å². The first-order valence-corrected chi connectivity index (χ1v) is 4.20. The van der Waals surface area contributed by atoms with Crippen LogP contribution in [0.4, 0.5) is 0 Å². The molecule has 1 rings (SSSR count). The number of hydrogen-bond donors (Lipinski definition) is 0. The van der Waals surface area contributed by atoms with Crippen LogP contribution in [0.1, 0.15) is 18.1 Å². The Labute approximate surface area is 90.3 Å². The van der Waals surface area contributed by atoms with Gasteiger partial charge >= 0.3 is 0 Å². The van der Waals surface area contributed by atoms with Crippen molar-refractivity contribution in [3.8, 4) is 0 Å². The maximum Gasteiger partial charge on any atom is 0.114 e. The van der Waals surface area contributed by atoms with Gasteiger partial charge in [-0.25, -0.2) is 0 Å². The maximum atomic E-state index is 2.30. The molecule has 0 spiro atoms. The Kier molecular flexibility index (Phi) is 6.47. The monoisotopic (exact) mass is 243 g/mol. The Morgan fingerprint density at radius 2 is 1.75 bits per heavy atom. The Morgan fingerprint density at radius 1 is 1.17 bits per heavy atom. The molecule has 0 heterocycles. The number of hydrogen-bond acceptors (Lipinski definition) is 0. The molecule has 1 radical (unpaired) electrons. The molecule has 12 heavy (non-hydrogen) atoms. The van der Waals surface area contributed by atoms with Gasteiger partial charge in [0.25, 0.3) is 0 Å². The topological polar surface area (TPSA) is 0 Å². The van der Waals surface area contributed by atoms with Gasteiger partial charge in [-0.1, -0.05) is 55.0 Å². The second kappa shape index (κ2) is 6.49. The second-order valence-electron chi connectivity index (χ2n) is 2.89. The Bertz CT molecular complexity index is 206. The van der Waals surface area contributed by atoms with Crippen LogP contribution in [0.5, 0.6) is 0 Å². The van der Waals surface area contributed by atoms with Gasteiger partial charge in [0.2, 0.25) is 0 Å². The average molecular weight is 241 g/mol. The van der Waals surface area contributed by atoms with Crippen molar-refractivity contribution in [3.63, 3.8) is 0 Å². The normalized spacial score (nSPS) is 8.83. The molecule has 0 N–H and O–H groups in total. The van der Waals surface area contributed by atoms with Gasteiger partial charge in [0.05, 0.1) is 0 Å². The van der Waals surface area contributed by atoms with Crippen LogP contribution in [0.3, 0.4) is 0 Å². The van der Waals surface area contributed by atoms with Gasteiger partial charge in [0.15, 0.2) is 0 Å². The second-order valence-corrected chi connectivity index (χ2v) is 2.89. The molecule has 1 aromatic carbocycles. The molecule has 0 aromatic heterocycles. The first-order valence-electron chi connectivity index (χ1n) is 4.20. The van der Waals surface area contributed by atoms with Crippen molar-refractivity contribution in [2.75, 3.05) is 0 Å². The molecule has 0 nitrogen and oxygen atoms in total. The zero-order valence-corrected chi connectivity index (χ0v) is 9.72. The van der Waals surface area contributed by atoms with Crippen molar-refractivity contribution in [3.05, 3.63) is 35.4 Å². The maximum absolute atomic E-state index is 2.30. The fraction of sp³-hybridized carbons (Fsp3) is 0.400. The molecule has 0 atom stereocenters. The van der Waals surface area contributed by atoms with Crippen LogP contribution in [0, 0.1) is 6.92 Å². The van der Waals surface area contributed by atoms with Crippen molar-refractivity contribution < 1.29 is 21.1 Å². The largest absolute Gasteiger partial charge is 0.114 e. The molecule has 0 saturated carbocycles. The van der Waals surface area contributed by atoms with Crippen LogP contribution in [0.25, 0.3) is 0 Å². The zero-order valence-electron chi connectivity index (χ0n) is 7.71. The van der Waals surface area contributed by atoms with Crippen LogP contribution in [0.15, 0.2) is 24.3 Å². The third-order valence-corrected chi connectivity index (χ3v) is 1.79. The molecule has 63 valence electrons. The Morgan fingerprint density at radius 3 is 2.25 bits per heavy atom. The van der Waals surface area contributed by atoms with Crippen molar-refractivity contribution in [1.29, 1.82) is 0 Å². The molecule has 1 aromatic rings. The van der Waals surface area contributed by atoms with Gasteiger partial charge in [-0.2, -0.15) is 0 Å². The van der Waals surface area contributed by atoms with Gasteiger partial charge in [0.1, 0.15) is 7.28 Å². The van der Waals surface area contributed by atoms with Crippen LogP contribution < -0.4 is 0 Å². The first kappa shape index (κ1) is 12.0. The molecule has 0 unspecified atom stereocenters. The summed E-state index contributed by atoms with van der Waals surface area (Å²) >= 11 is 0. The molecular weight excluding hydrogens is 227 g/mol. The smallest absolute Gasteiger partial charge is 0.0827 e. The first-order chi connectivity index (χ1) is 5.33. The number of rotatable bonds is 3. The molecular formula is C10H14BMo. The van der Waals surface area contributed by atoms with Gasteiger partial charge in [-0.05, 0) is 6.92 Å². The summed E-state index contributed by atoms with van der Waals surface area (Å²) < 4.78 is 0. The van der Waals surface area contributed by atoms with Crippen LogP contribution in [-0.4, -0.2) is 7.28 Å². The average Bonchev–Trinajstić information content (AvgIpc) is 2.04. The van der Waals surface area contributed by atoms with E-state index in [1.165, 1.54) is 11.1 Å². The fourth-order valence-electron chi connectivity index (χ4n) is 1.04. The molecule has 0 aliphatic rings. The van der Waals surface area contributed by atoms with E-state index < -0.39 is 0 Å². The molecule has 0 aliphatic carbocycles. The third-order valence-electron chi connectivity index (χ3n) is 1.79. The molecule has 0 fully saturated rings. The molecule has 0 amide bonds. The predicted octanol–water partition coefficient (Wildman–Crippen LogP) is 2.63. The summed E-state index contributed by atoms with van der Waals surface area (Å²) in [6.07, 6.45) is 2.27. The minimum Gasteiger partial charge on any atom is -0.0827 e. The Balaban J connectivity index is 0.00000121. The zero-order chi connectivity index (χ0) is 8.10. The van der Waals surface area contributed by atoms with E-state index in [9.17, 15) is 0 Å². The Hall–Kier alpha value is -0.0268. The summed E-state index contributed by atoms with van der Waals surface area (Å²) in [5, 5.41) is 0. The molecule has 0 aliphatic heterocycles. The minimum atomic E-state index is 0. The van der Waals surface area contributed by atoms with E-state index in [4.69, 9.17) is 0 Å². The minimum absolute atomic E-state index is 0. The van der Waals surface area contributed by atoms with E-state index in [1.54, 1.807) is 0 Å². The van der Waals surface area contributed by atoms with E-state index in [0.717, 1.165) is 12.6 Å². The predicted molar refractivity (Wildman–Crippen MR) is 51.1 cm³/mol. The molecule has 0 bridgehead atoms. The van der Waals surface area contributed by atoms with Crippen molar-refractivity contribution in [1.82, 2.24) is 0 Å². The fourth-order valence-corrected chi connectivity index (χ4v) is 1.04. The van der Waals surface area contributed by atoms with Gasteiger partial charge in [0, 0.05) is 21.1 Å².